The normalized spacial score (nSPS) is 17.6. The molecule has 2 unspecified atom stereocenters. The van der Waals surface area contributed by atoms with Crippen LogP contribution in [0.3, 0.4) is 0 Å². The molecule has 0 aliphatic heterocycles. The Morgan fingerprint density at radius 1 is 1.25 bits per heavy atom. The summed E-state index contributed by atoms with van der Waals surface area (Å²) < 4.78 is 0. The van der Waals surface area contributed by atoms with Gasteiger partial charge in [0.1, 0.15) is 6.10 Å². The molecule has 0 heterocycles. The van der Waals surface area contributed by atoms with E-state index in [2.05, 4.69) is 0 Å². The minimum Gasteiger partial charge on any atom is -0.389 e. The highest BCUT2D eigenvalue weighted by Gasteiger charge is 2.30. The number of benzene rings is 1. The molecule has 1 fully saturated rings. The van der Waals surface area contributed by atoms with Gasteiger partial charge in [0.25, 0.3) is 0 Å². The van der Waals surface area contributed by atoms with Gasteiger partial charge in [0.15, 0.2) is 10.9 Å². The van der Waals surface area contributed by atoms with Crippen molar-refractivity contribution in [3.63, 3.8) is 0 Å². The molecule has 2 N–H and O–H groups in total. The summed E-state index contributed by atoms with van der Waals surface area (Å²) in [5.41, 5.74) is 1.20. The molecular formula is C15H18O4S. The minimum absolute atomic E-state index is 0.0957. The first kappa shape index (κ1) is 15.2. The fourth-order valence-electron chi connectivity index (χ4n) is 1.94. The van der Waals surface area contributed by atoms with E-state index in [-0.39, 0.29) is 22.6 Å². The van der Waals surface area contributed by atoms with Crippen molar-refractivity contribution in [2.24, 2.45) is 5.92 Å². The van der Waals surface area contributed by atoms with Crippen LogP contribution in [-0.2, 0) is 4.79 Å². The number of hydrogen-bond acceptors (Lipinski definition) is 5. The van der Waals surface area contributed by atoms with Crippen LogP contribution in [0.1, 0.15) is 41.8 Å². The second-order valence-electron chi connectivity index (χ2n) is 5.08. The quantitative estimate of drug-likeness (QED) is 0.784. The molecule has 1 aromatic rings. The molecule has 0 aromatic heterocycles. The van der Waals surface area contributed by atoms with Gasteiger partial charge < -0.3 is 10.2 Å². The first-order valence-corrected chi connectivity index (χ1v) is 7.61. The van der Waals surface area contributed by atoms with Crippen molar-refractivity contribution in [2.45, 2.75) is 32.0 Å². The Morgan fingerprint density at radius 3 is 2.35 bits per heavy atom. The van der Waals surface area contributed by atoms with E-state index >= 15 is 0 Å². The number of hydrogen-bond donors (Lipinski definition) is 2. The van der Waals surface area contributed by atoms with Crippen LogP contribution in [0.25, 0.3) is 0 Å². The zero-order chi connectivity index (χ0) is 14.7. The van der Waals surface area contributed by atoms with Crippen molar-refractivity contribution in [3.8, 4) is 0 Å². The molecule has 4 nitrogen and oxygen atoms in total. The lowest BCUT2D eigenvalue weighted by Gasteiger charge is -2.17. The molecule has 0 spiro atoms. The van der Waals surface area contributed by atoms with E-state index in [0.29, 0.717) is 11.1 Å². The maximum atomic E-state index is 11.8. The van der Waals surface area contributed by atoms with Crippen LogP contribution in [0.2, 0.25) is 0 Å². The number of carbonyl (C=O) groups excluding carboxylic acids is 2. The van der Waals surface area contributed by atoms with Gasteiger partial charge >= 0.3 is 0 Å². The lowest BCUT2D eigenvalue weighted by molar-refractivity contribution is -0.109. The Kier molecular flexibility index (Phi) is 4.96. The van der Waals surface area contributed by atoms with Gasteiger partial charge in [-0.1, -0.05) is 36.0 Å². The highest BCUT2D eigenvalue weighted by Crippen LogP contribution is 2.33. The van der Waals surface area contributed by atoms with Gasteiger partial charge in [0.2, 0.25) is 0 Å². The number of Topliss-reactive ketones (excluding diaryl/α,β-unsaturated/α-hetero) is 1. The molecule has 0 amide bonds. The number of thioether (sulfide) groups is 1. The van der Waals surface area contributed by atoms with Gasteiger partial charge in [0.05, 0.1) is 6.10 Å². The number of aliphatic hydroxyl groups is 2. The van der Waals surface area contributed by atoms with E-state index in [1.54, 1.807) is 24.3 Å². The standard InChI is InChI=1S/C15H18O4S/c1-9(16)20-8-13(17)15(19)12-6-4-11(5-7-12)14(18)10-2-3-10/h4-7,10,13,15,17,19H,2-3,8H2,1H3. The van der Waals surface area contributed by atoms with E-state index in [1.165, 1.54) is 6.92 Å². The summed E-state index contributed by atoms with van der Waals surface area (Å²) in [6.45, 7) is 1.42. The van der Waals surface area contributed by atoms with Crippen molar-refractivity contribution in [1.82, 2.24) is 0 Å². The summed E-state index contributed by atoms with van der Waals surface area (Å²) in [5, 5.41) is 19.7. The Hall–Kier alpha value is -1.17. The molecule has 108 valence electrons. The van der Waals surface area contributed by atoms with Gasteiger partial charge in [-0.25, -0.2) is 0 Å². The fraction of sp³-hybridized carbons (Fsp3) is 0.467. The Balaban J connectivity index is 1.97. The molecule has 0 bridgehead atoms. The first-order chi connectivity index (χ1) is 9.49. The third-order valence-corrected chi connectivity index (χ3v) is 4.22. The molecule has 0 saturated heterocycles. The monoisotopic (exact) mass is 294 g/mol. The number of rotatable bonds is 6. The van der Waals surface area contributed by atoms with Gasteiger partial charge in [-0.15, -0.1) is 0 Å². The van der Waals surface area contributed by atoms with E-state index in [1.807, 2.05) is 0 Å². The Morgan fingerprint density at radius 2 is 1.85 bits per heavy atom. The summed E-state index contributed by atoms with van der Waals surface area (Å²) in [6, 6.07) is 6.68. The summed E-state index contributed by atoms with van der Waals surface area (Å²) in [7, 11) is 0. The van der Waals surface area contributed by atoms with Crippen molar-refractivity contribution in [1.29, 1.82) is 0 Å². The maximum absolute atomic E-state index is 11.8. The topological polar surface area (TPSA) is 74.6 Å². The van der Waals surface area contributed by atoms with Gasteiger partial charge in [-0.05, 0) is 18.4 Å². The second kappa shape index (κ2) is 6.52. The average molecular weight is 294 g/mol. The van der Waals surface area contributed by atoms with Gasteiger partial charge in [-0.3, -0.25) is 9.59 Å². The van der Waals surface area contributed by atoms with Crippen LogP contribution in [-0.4, -0.2) is 33.0 Å². The van der Waals surface area contributed by atoms with E-state index in [0.717, 1.165) is 24.6 Å². The van der Waals surface area contributed by atoms with E-state index in [4.69, 9.17) is 0 Å². The van der Waals surface area contributed by atoms with Crippen LogP contribution < -0.4 is 0 Å². The van der Waals surface area contributed by atoms with Crippen molar-refractivity contribution in [2.75, 3.05) is 5.75 Å². The van der Waals surface area contributed by atoms with Crippen LogP contribution in [0.5, 0.6) is 0 Å². The molecule has 0 radical (unpaired) electrons. The van der Waals surface area contributed by atoms with Crippen molar-refractivity contribution < 1.29 is 19.8 Å². The second-order valence-corrected chi connectivity index (χ2v) is 6.27. The molecule has 1 saturated carbocycles. The number of carbonyl (C=O) groups is 2. The van der Waals surface area contributed by atoms with Crippen LogP contribution >= 0.6 is 11.8 Å². The van der Waals surface area contributed by atoms with E-state index in [9.17, 15) is 19.8 Å². The summed E-state index contributed by atoms with van der Waals surface area (Å²) in [5.74, 6) is 0.473. The molecule has 2 rings (SSSR count). The first-order valence-electron chi connectivity index (χ1n) is 6.62. The highest BCUT2D eigenvalue weighted by molar-refractivity contribution is 8.13. The van der Waals surface area contributed by atoms with Crippen LogP contribution in [0.15, 0.2) is 24.3 Å². The molecule has 1 aliphatic rings. The molecule has 2 atom stereocenters. The Bertz CT molecular complexity index is 493. The molecule has 20 heavy (non-hydrogen) atoms. The predicted molar refractivity (Wildman–Crippen MR) is 77.6 cm³/mol. The molecular weight excluding hydrogens is 276 g/mol. The summed E-state index contributed by atoms with van der Waals surface area (Å²) >= 11 is 0.980. The lowest BCUT2D eigenvalue weighted by Crippen LogP contribution is -2.21. The molecule has 1 aliphatic carbocycles. The fourth-order valence-corrected chi connectivity index (χ4v) is 2.53. The summed E-state index contributed by atoms with van der Waals surface area (Å²) in [6.07, 6.45) is -0.130. The highest BCUT2D eigenvalue weighted by atomic mass is 32.2. The van der Waals surface area contributed by atoms with Gasteiger partial charge in [-0.2, -0.15) is 0 Å². The zero-order valence-corrected chi connectivity index (χ0v) is 12.1. The minimum atomic E-state index is -1.05. The third kappa shape index (κ3) is 3.91. The number of ketones is 1. The molecule has 1 aromatic carbocycles. The third-order valence-electron chi connectivity index (χ3n) is 3.31. The maximum Gasteiger partial charge on any atom is 0.185 e. The van der Waals surface area contributed by atoms with Crippen LogP contribution in [0.4, 0.5) is 0 Å². The van der Waals surface area contributed by atoms with Crippen molar-refractivity contribution >= 4 is 22.7 Å². The van der Waals surface area contributed by atoms with E-state index < -0.39 is 12.2 Å². The zero-order valence-electron chi connectivity index (χ0n) is 11.3. The van der Waals surface area contributed by atoms with Crippen LogP contribution in [0, 0.1) is 5.92 Å². The average Bonchev–Trinajstić information content (AvgIpc) is 3.28. The molecule has 5 heteroatoms. The smallest absolute Gasteiger partial charge is 0.185 e. The predicted octanol–water partition coefficient (Wildman–Crippen LogP) is 1.95. The van der Waals surface area contributed by atoms with Gasteiger partial charge in [0, 0.05) is 24.2 Å². The van der Waals surface area contributed by atoms with Crippen molar-refractivity contribution in [3.05, 3.63) is 35.4 Å². The Labute approximate surface area is 122 Å². The summed E-state index contributed by atoms with van der Waals surface area (Å²) in [4.78, 5) is 22.7. The number of aliphatic hydroxyl groups excluding tert-OH is 2. The SMILES string of the molecule is CC(=O)SCC(O)C(O)c1ccc(C(=O)C2CC2)cc1. The lowest BCUT2D eigenvalue weighted by atomic mass is 10.0. The largest absolute Gasteiger partial charge is 0.389 e.